The zero-order valence-corrected chi connectivity index (χ0v) is 15.1. The second-order valence-electron chi connectivity index (χ2n) is 5.81. The van der Waals surface area contributed by atoms with Crippen molar-refractivity contribution in [2.24, 2.45) is 4.99 Å². The van der Waals surface area contributed by atoms with E-state index in [1.165, 1.54) is 4.88 Å². The first-order chi connectivity index (χ1) is 11.1. The molecule has 1 amide bonds. The summed E-state index contributed by atoms with van der Waals surface area (Å²) in [5.74, 6) is 0.951. The van der Waals surface area contributed by atoms with Crippen molar-refractivity contribution in [3.8, 4) is 0 Å². The average Bonchev–Trinajstić information content (AvgIpc) is 3.24. The van der Waals surface area contributed by atoms with E-state index in [-0.39, 0.29) is 5.91 Å². The normalized spacial score (nSPS) is 14.7. The predicted molar refractivity (Wildman–Crippen MR) is 94.8 cm³/mol. The van der Waals surface area contributed by atoms with Gasteiger partial charge < -0.3 is 16.0 Å². The summed E-state index contributed by atoms with van der Waals surface area (Å²) in [6, 6.07) is 0.445. The molecular formula is C16H27N5OS. The Hall–Kier alpha value is -1.63. The van der Waals surface area contributed by atoms with Crippen LogP contribution in [0.3, 0.4) is 0 Å². The van der Waals surface area contributed by atoms with Gasteiger partial charge in [-0.1, -0.05) is 0 Å². The van der Waals surface area contributed by atoms with Crippen LogP contribution in [-0.2, 0) is 11.3 Å². The lowest BCUT2D eigenvalue weighted by atomic mass is 10.3. The van der Waals surface area contributed by atoms with E-state index in [1.807, 2.05) is 20.8 Å². The topological polar surface area (TPSA) is 78.4 Å². The highest BCUT2D eigenvalue weighted by Gasteiger charge is 2.22. The van der Waals surface area contributed by atoms with Crippen molar-refractivity contribution >= 4 is 23.2 Å². The molecule has 3 N–H and O–H groups in total. The number of thiazole rings is 1. The largest absolute Gasteiger partial charge is 0.357 e. The minimum atomic E-state index is 0.159. The van der Waals surface area contributed by atoms with Gasteiger partial charge in [0.1, 0.15) is 0 Å². The maximum atomic E-state index is 11.6. The Balaban J connectivity index is 1.72. The molecule has 1 saturated carbocycles. The summed E-state index contributed by atoms with van der Waals surface area (Å²) in [5, 5.41) is 10.6. The van der Waals surface area contributed by atoms with Crippen molar-refractivity contribution in [3.63, 3.8) is 0 Å². The molecule has 1 aromatic heterocycles. The van der Waals surface area contributed by atoms with E-state index in [4.69, 9.17) is 0 Å². The molecule has 23 heavy (non-hydrogen) atoms. The Morgan fingerprint density at radius 2 is 2.13 bits per heavy atom. The highest BCUT2D eigenvalue weighted by atomic mass is 32.1. The minimum absolute atomic E-state index is 0.159. The first-order valence-electron chi connectivity index (χ1n) is 8.33. The molecule has 1 aliphatic rings. The van der Waals surface area contributed by atoms with Gasteiger partial charge in [0.15, 0.2) is 5.96 Å². The number of carbonyl (C=O) groups is 1. The third-order valence-electron chi connectivity index (χ3n) is 3.54. The highest BCUT2D eigenvalue weighted by Crippen LogP contribution is 2.19. The standard InChI is InChI=1S/C16H27N5OS/c1-4-17-16(19-10-14-11(2)20-12(3)23-14)18-9-5-6-15(22)21-13-7-8-13/h13H,4-10H2,1-3H3,(H,21,22)(H2,17,18,19). The van der Waals surface area contributed by atoms with Crippen LogP contribution < -0.4 is 16.0 Å². The number of hydrogen-bond donors (Lipinski definition) is 3. The van der Waals surface area contributed by atoms with Crippen molar-refractivity contribution in [2.45, 2.75) is 59.0 Å². The van der Waals surface area contributed by atoms with Gasteiger partial charge >= 0.3 is 0 Å². The number of aliphatic imine (C=N–C) groups is 1. The molecule has 2 rings (SSSR count). The summed E-state index contributed by atoms with van der Waals surface area (Å²) >= 11 is 1.69. The van der Waals surface area contributed by atoms with Gasteiger partial charge in [-0.2, -0.15) is 0 Å². The lowest BCUT2D eigenvalue weighted by molar-refractivity contribution is -0.121. The summed E-state index contributed by atoms with van der Waals surface area (Å²) in [6.45, 7) is 8.27. The van der Waals surface area contributed by atoms with Crippen molar-refractivity contribution in [1.82, 2.24) is 20.9 Å². The number of carbonyl (C=O) groups excluding carboxylic acids is 1. The fourth-order valence-electron chi connectivity index (χ4n) is 2.20. The maximum Gasteiger partial charge on any atom is 0.220 e. The molecule has 0 bridgehead atoms. The number of nitrogens with zero attached hydrogens (tertiary/aromatic N) is 2. The Morgan fingerprint density at radius 1 is 1.35 bits per heavy atom. The second-order valence-corrected chi connectivity index (χ2v) is 7.10. The van der Waals surface area contributed by atoms with Gasteiger partial charge in [0.05, 0.1) is 17.2 Å². The summed E-state index contributed by atoms with van der Waals surface area (Å²) in [5.41, 5.74) is 1.06. The van der Waals surface area contributed by atoms with Crippen LogP contribution in [0.15, 0.2) is 4.99 Å². The van der Waals surface area contributed by atoms with Gasteiger partial charge in [-0.05, 0) is 40.0 Å². The second kappa shape index (κ2) is 8.86. The van der Waals surface area contributed by atoms with E-state index in [2.05, 4.69) is 25.9 Å². The lowest BCUT2D eigenvalue weighted by Crippen LogP contribution is -2.38. The molecule has 6 nitrogen and oxygen atoms in total. The number of aryl methyl sites for hydroxylation is 2. The van der Waals surface area contributed by atoms with Gasteiger partial charge in [-0.15, -0.1) is 11.3 Å². The van der Waals surface area contributed by atoms with E-state index in [9.17, 15) is 4.79 Å². The van der Waals surface area contributed by atoms with E-state index < -0.39 is 0 Å². The molecule has 1 fully saturated rings. The van der Waals surface area contributed by atoms with E-state index in [0.717, 1.165) is 49.0 Å². The molecule has 0 aliphatic heterocycles. The van der Waals surface area contributed by atoms with Crippen LogP contribution in [0.4, 0.5) is 0 Å². The number of amides is 1. The molecule has 0 atom stereocenters. The molecule has 0 aromatic carbocycles. The van der Waals surface area contributed by atoms with Gasteiger partial charge in [0.2, 0.25) is 5.91 Å². The molecule has 0 spiro atoms. The van der Waals surface area contributed by atoms with Crippen molar-refractivity contribution in [2.75, 3.05) is 13.1 Å². The predicted octanol–water partition coefficient (Wildman–Crippen LogP) is 1.87. The molecule has 1 heterocycles. The monoisotopic (exact) mass is 337 g/mol. The first kappa shape index (κ1) is 17.7. The van der Waals surface area contributed by atoms with E-state index >= 15 is 0 Å². The van der Waals surface area contributed by atoms with Crippen molar-refractivity contribution in [1.29, 1.82) is 0 Å². The van der Waals surface area contributed by atoms with Gasteiger partial charge in [0.25, 0.3) is 0 Å². The lowest BCUT2D eigenvalue weighted by Gasteiger charge is -2.11. The molecule has 1 aliphatic carbocycles. The molecule has 0 unspecified atom stereocenters. The van der Waals surface area contributed by atoms with Crippen LogP contribution in [0.5, 0.6) is 0 Å². The molecule has 0 saturated heterocycles. The van der Waals surface area contributed by atoms with Crippen LogP contribution in [-0.4, -0.2) is 36.0 Å². The molecule has 0 radical (unpaired) electrons. The molecule has 7 heteroatoms. The smallest absolute Gasteiger partial charge is 0.220 e. The summed E-state index contributed by atoms with van der Waals surface area (Å²) in [6.07, 6.45) is 3.65. The fourth-order valence-corrected chi connectivity index (χ4v) is 3.06. The first-order valence-corrected chi connectivity index (χ1v) is 9.14. The number of guanidine groups is 1. The summed E-state index contributed by atoms with van der Waals surface area (Å²) in [7, 11) is 0. The Labute approximate surface area is 142 Å². The highest BCUT2D eigenvalue weighted by molar-refractivity contribution is 7.11. The zero-order chi connectivity index (χ0) is 16.7. The minimum Gasteiger partial charge on any atom is -0.357 e. The van der Waals surface area contributed by atoms with Crippen molar-refractivity contribution in [3.05, 3.63) is 15.6 Å². The zero-order valence-electron chi connectivity index (χ0n) is 14.2. The summed E-state index contributed by atoms with van der Waals surface area (Å²) < 4.78 is 0. The Bertz CT molecular complexity index is 551. The Kier molecular flexibility index (Phi) is 6.83. The Morgan fingerprint density at radius 3 is 2.74 bits per heavy atom. The molecular weight excluding hydrogens is 310 g/mol. The third kappa shape index (κ3) is 6.56. The van der Waals surface area contributed by atoms with Crippen LogP contribution in [0.25, 0.3) is 0 Å². The number of aromatic nitrogens is 1. The van der Waals surface area contributed by atoms with Gasteiger partial charge in [0, 0.05) is 30.4 Å². The van der Waals surface area contributed by atoms with Crippen LogP contribution in [0.1, 0.15) is 48.2 Å². The van der Waals surface area contributed by atoms with E-state index in [1.54, 1.807) is 11.3 Å². The van der Waals surface area contributed by atoms with Crippen LogP contribution >= 0.6 is 11.3 Å². The average molecular weight is 337 g/mol. The van der Waals surface area contributed by atoms with Crippen molar-refractivity contribution < 1.29 is 4.79 Å². The SMILES string of the molecule is CCNC(=NCc1sc(C)nc1C)NCCCC(=O)NC1CC1. The van der Waals surface area contributed by atoms with Crippen LogP contribution in [0, 0.1) is 13.8 Å². The molecule has 128 valence electrons. The number of rotatable bonds is 8. The van der Waals surface area contributed by atoms with E-state index in [0.29, 0.717) is 19.0 Å². The van der Waals surface area contributed by atoms with Gasteiger partial charge in [-0.3, -0.25) is 4.79 Å². The quantitative estimate of drug-likeness (QED) is 0.384. The third-order valence-corrected chi connectivity index (χ3v) is 4.60. The number of nitrogens with one attached hydrogen (secondary N) is 3. The maximum absolute atomic E-state index is 11.6. The summed E-state index contributed by atoms with van der Waals surface area (Å²) in [4.78, 5) is 21.8. The fraction of sp³-hybridized carbons (Fsp3) is 0.688. The number of hydrogen-bond acceptors (Lipinski definition) is 4. The molecule has 1 aromatic rings. The van der Waals surface area contributed by atoms with Crippen LogP contribution in [0.2, 0.25) is 0 Å². The van der Waals surface area contributed by atoms with Gasteiger partial charge in [-0.25, -0.2) is 9.98 Å².